The highest BCUT2D eigenvalue weighted by atomic mass is 79.9. The SMILES string of the molecule is O=C([C@@H]1C[C@H](F)CN1C(=O)Nc1cccc(Br)c1)N1CCCCC1. The molecule has 3 rings (SSSR count). The van der Waals surface area contributed by atoms with Crippen LogP contribution in [0.15, 0.2) is 28.7 Å². The molecule has 0 bridgehead atoms. The molecule has 2 saturated heterocycles. The Morgan fingerprint density at radius 2 is 1.96 bits per heavy atom. The maximum atomic E-state index is 13.9. The lowest BCUT2D eigenvalue weighted by Gasteiger charge is -2.32. The summed E-state index contributed by atoms with van der Waals surface area (Å²) in [5.74, 6) is -0.126. The van der Waals surface area contributed by atoms with E-state index in [1.165, 1.54) is 4.90 Å². The second-order valence-corrected chi connectivity index (χ2v) is 7.24. The van der Waals surface area contributed by atoms with Crippen LogP contribution >= 0.6 is 15.9 Å². The Bertz CT molecular complexity index is 622. The van der Waals surface area contributed by atoms with E-state index in [9.17, 15) is 14.0 Å². The topological polar surface area (TPSA) is 52.7 Å². The molecule has 2 atom stereocenters. The molecule has 5 nitrogen and oxygen atoms in total. The number of halogens is 2. The number of nitrogens with zero attached hydrogens (tertiary/aromatic N) is 2. The van der Waals surface area contributed by atoms with Gasteiger partial charge < -0.3 is 15.1 Å². The first-order valence-corrected chi connectivity index (χ1v) is 9.10. The number of nitrogens with one attached hydrogen (secondary N) is 1. The number of alkyl halides is 1. The van der Waals surface area contributed by atoms with Crippen molar-refractivity contribution in [2.45, 2.75) is 37.9 Å². The van der Waals surface area contributed by atoms with Gasteiger partial charge in [0.2, 0.25) is 5.91 Å². The number of likely N-dealkylation sites (tertiary alicyclic amines) is 2. The number of benzene rings is 1. The second-order valence-electron chi connectivity index (χ2n) is 6.33. The van der Waals surface area contributed by atoms with Gasteiger partial charge in [0, 0.05) is 29.7 Å². The van der Waals surface area contributed by atoms with E-state index in [2.05, 4.69) is 21.2 Å². The van der Waals surface area contributed by atoms with Crippen LogP contribution in [-0.2, 0) is 4.79 Å². The zero-order valence-electron chi connectivity index (χ0n) is 13.4. The number of amides is 3. The Labute approximate surface area is 149 Å². The Hall–Kier alpha value is -1.63. The first-order valence-electron chi connectivity index (χ1n) is 8.30. The third-order valence-corrected chi connectivity index (χ3v) is 5.03. The quantitative estimate of drug-likeness (QED) is 0.830. The third kappa shape index (κ3) is 3.88. The van der Waals surface area contributed by atoms with E-state index in [0.29, 0.717) is 18.8 Å². The summed E-state index contributed by atoms with van der Waals surface area (Å²) in [6.07, 6.45) is 2.00. The van der Waals surface area contributed by atoms with E-state index < -0.39 is 18.2 Å². The van der Waals surface area contributed by atoms with E-state index in [4.69, 9.17) is 0 Å². The molecule has 1 aromatic carbocycles. The van der Waals surface area contributed by atoms with Crippen molar-refractivity contribution in [3.63, 3.8) is 0 Å². The average Bonchev–Trinajstić information content (AvgIpc) is 2.97. The molecule has 0 unspecified atom stereocenters. The van der Waals surface area contributed by atoms with Gasteiger partial charge in [-0.2, -0.15) is 0 Å². The van der Waals surface area contributed by atoms with E-state index in [-0.39, 0.29) is 18.9 Å². The van der Waals surface area contributed by atoms with Crippen molar-refractivity contribution in [3.05, 3.63) is 28.7 Å². The number of carbonyl (C=O) groups excluding carboxylic acids is 2. The average molecular weight is 398 g/mol. The van der Waals surface area contributed by atoms with Crippen LogP contribution in [0, 0.1) is 0 Å². The summed E-state index contributed by atoms with van der Waals surface area (Å²) < 4.78 is 14.8. The van der Waals surface area contributed by atoms with Gasteiger partial charge in [-0.15, -0.1) is 0 Å². The first kappa shape index (κ1) is 17.2. The Morgan fingerprint density at radius 1 is 1.21 bits per heavy atom. The highest BCUT2D eigenvalue weighted by Crippen LogP contribution is 2.25. The fourth-order valence-corrected chi connectivity index (χ4v) is 3.73. The van der Waals surface area contributed by atoms with Gasteiger partial charge in [-0.1, -0.05) is 22.0 Å². The summed E-state index contributed by atoms with van der Waals surface area (Å²) >= 11 is 3.35. The van der Waals surface area contributed by atoms with Crippen molar-refractivity contribution in [1.82, 2.24) is 9.80 Å². The standard InChI is InChI=1S/C17H21BrFN3O2/c18-12-5-4-6-14(9-12)20-17(24)22-11-13(19)10-15(22)16(23)21-7-2-1-3-8-21/h4-6,9,13,15H,1-3,7-8,10-11H2,(H,20,24)/t13-,15-/m0/s1. The van der Waals surface area contributed by atoms with E-state index >= 15 is 0 Å². The zero-order valence-corrected chi connectivity index (χ0v) is 15.0. The fraction of sp³-hybridized carbons (Fsp3) is 0.529. The molecule has 1 aromatic rings. The maximum Gasteiger partial charge on any atom is 0.322 e. The van der Waals surface area contributed by atoms with Crippen LogP contribution in [0.4, 0.5) is 14.9 Å². The molecule has 1 N–H and O–H groups in total. The molecule has 0 spiro atoms. The number of carbonyl (C=O) groups is 2. The van der Waals surface area contributed by atoms with Gasteiger partial charge >= 0.3 is 6.03 Å². The summed E-state index contributed by atoms with van der Waals surface area (Å²) in [5, 5.41) is 2.75. The van der Waals surface area contributed by atoms with Crippen LogP contribution in [0.3, 0.4) is 0 Å². The van der Waals surface area contributed by atoms with Crippen molar-refractivity contribution >= 4 is 33.6 Å². The van der Waals surface area contributed by atoms with Gasteiger partial charge in [-0.3, -0.25) is 4.79 Å². The van der Waals surface area contributed by atoms with Crippen LogP contribution in [0.1, 0.15) is 25.7 Å². The van der Waals surface area contributed by atoms with Crippen molar-refractivity contribution in [2.75, 3.05) is 25.0 Å². The van der Waals surface area contributed by atoms with Crippen molar-refractivity contribution in [2.24, 2.45) is 0 Å². The van der Waals surface area contributed by atoms with Gasteiger partial charge in [0.05, 0.1) is 6.54 Å². The van der Waals surface area contributed by atoms with Crippen molar-refractivity contribution in [1.29, 1.82) is 0 Å². The molecular formula is C17H21BrFN3O2. The van der Waals surface area contributed by atoms with Crippen LogP contribution in [0.5, 0.6) is 0 Å². The highest BCUT2D eigenvalue weighted by Gasteiger charge is 2.41. The van der Waals surface area contributed by atoms with Crippen LogP contribution < -0.4 is 5.32 Å². The first-order chi connectivity index (χ1) is 11.5. The maximum absolute atomic E-state index is 13.9. The molecule has 0 radical (unpaired) electrons. The van der Waals surface area contributed by atoms with Gasteiger partial charge in [0.15, 0.2) is 0 Å². The molecule has 0 aliphatic carbocycles. The summed E-state index contributed by atoms with van der Waals surface area (Å²) in [5.41, 5.74) is 0.612. The van der Waals surface area contributed by atoms with Gasteiger partial charge in [-0.25, -0.2) is 9.18 Å². The van der Waals surface area contributed by atoms with Crippen LogP contribution in [-0.4, -0.2) is 53.6 Å². The minimum Gasteiger partial charge on any atom is -0.341 e. The molecule has 7 heteroatoms. The highest BCUT2D eigenvalue weighted by molar-refractivity contribution is 9.10. The Kier molecular flexibility index (Phi) is 5.38. The lowest BCUT2D eigenvalue weighted by atomic mass is 10.1. The summed E-state index contributed by atoms with van der Waals surface area (Å²) in [6, 6.07) is 6.05. The monoisotopic (exact) mass is 397 g/mol. The molecule has 0 saturated carbocycles. The van der Waals surface area contributed by atoms with E-state index in [1.807, 2.05) is 6.07 Å². The molecule has 0 aromatic heterocycles. The number of rotatable bonds is 2. The van der Waals surface area contributed by atoms with Crippen molar-refractivity contribution < 1.29 is 14.0 Å². The third-order valence-electron chi connectivity index (χ3n) is 4.54. The summed E-state index contributed by atoms with van der Waals surface area (Å²) in [6.45, 7) is 1.37. The summed E-state index contributed by atoms with van der Waals surface area (Å²) in [4.78, 5) is 28.3. The predicted octanol–water partition coefficient (Wildman–Crippen LogP) is 3.41. The predicted molar refractivity (Wildman–Crippen MR) is 93.6 cm³/mol. The minimum absolute atomic E-state index is 0.0376. The van der Waals surface area contributed by atoms with Crippen LogP contribution in [0.2, 0.25) is 0 Å². The molecule has 2 heterocycles. The smallest absolute Gasteiger partial charge is 0.322 e. The van der Waals surface area contributed by atoms with E-state index in [1.54, 1.807) is 23.1 Å². The minimum atomic E-state index is -1.16. The number of anilines is 1. The second kappa shape index (κ2) is 7.51. The fourth-order valence-electron chi connectivity index (χ4n) is 3.33. The number of piperidine rings is 1. The lowest BCUT2D eigenvalue weighted by molar-refractivity contribution is -0.136. The molecule has 2 aliphatic heterocycles. The molecular weight excluding hydrogens is 377 g/mol. The molecule has 2 aliphatic rings. The Morgan fingerprint density at radius 3 is 2.67 bits per heavy atom. The van der Waals surface area contributed by atoms with Gasteiger partial charge in [0.25, 0.3) is 0 Å². The van der Waals surface area contributed by atoms with Crippen molar-refractivity contribution in [3.8, 4) is 0 Å². The summed E-state index contributed by atoms with van der Waals surface area (Å²) in [7, 11) is 0. The van der Waals surface area contributed by atoms with E-state index in [0.717, 1.165) is 23.7 Å². The molecule has 3 amide bonds. The zero-order chi connectivity index (χ0) is 17.1. The largest absolute Gasteiger partial charge is 0.341 e. The molecule has 130 valence electrons. The van der Waals surface area contributed by atoms with Gasteiger partial charge in [-0.05, 0) is 37.5 Å². The Balaban J connectivity index is 1.69. The number of hydrogen-bond acceptors (Lipinski definition) is 2. The molecule has 2 fully saturated rings. The lowest BCUT2D eigenvalue weighted by Crippen LogP contribution is -2.50. The number of hydrogen-bond donors (Lipinski definition) is 1. The van der Waals surface area contributed by atoms with Gasteiger partial charge in [0.1, 0.15) is 12.2 Å². The molecule has 24 heavy (non-hydrogen) atoms. The number of urea groups is 1. The normalized spacial score (nSPS) is 24.1. The van der Waals surface area contributed by atoms with Crippen LogP contribution in [0.25, 0.3) is 0 Å².